The summed E-state index contributed by atoms with van der Waals surface area (Å²) in [5.41, 5.74) is 1.08. The summed E-state index contributed by atoms with van der Waals surface area (Å²) in [6.45, 7) is 8.90. The highest BCUT2D eigenvalue weighted by Gasteiger charge is 1.90. The molecule has 0 unspecified atom stereocenters. The second kappa shape index (κ2) is 13.0. The third-order valence-corrected chi connectivity index (χ3v) is 2.75. The van der Waals surface area contributed by atoms with E-state index in [0.717, 1.165) is 18.0 Å². The Morgan fingerprint density at radius 2 is 1.63 bits per heavy atom. The van der Waals surface area contributed by atoms with Crippen LogP contribution in [0.2, 0.25) is 0 Å². The van der Waals surface area contributed by atoms with Gasteiger partial charge in [0.2, 0.25) is 0 Å². The maximum Gasteiger partial charge on any atom is 0.119 e. The second-order valence-electron chi connectivity index (χ2n) is 4.46. The number of unbranched alkanes of at least 4 members (excludes halogenated alkanes) is 4. The highest BCUT2D eigenvalue weighted by Crippen LogP contribution is 2.14. The van der Waals surface area contributed by atoms with Gasteiger partial charge in [0, 0.05) is 12.2 Å². The van der Waals surface area contributed by atoms with Gasteiger partial charge >= 0.3 is 0 Å². The molecule has 0 amide bonds. The Kier molecular flexibility index (Phi) is 12.0. The zero-order valence-electron chi connectivity index (χ0n) is 12.7. The van der Waals surface area contributed by atoms with Gasteiger partial charge in [-0.1, -0.05) is 52.0 Å². The maximum absolute atomic E-state index is 5.03. The molecule has 0 aliphatic carbocycles. The van der Waals surface area contributed by atoms with Crippen LogP contribution in [0.3, 0.4) is 0 Å². The molecule has 2 nitrogen and oxygen atoms in total. The van der Waals surface area contributed by atoms with E-state index in [0.29, 0.717) is 0 Å². The molecule has 1 aromatic rings. The van der Waals surface area contributed by atoms with E-state index in [-0.39, 0.29) is 0 Å². The topological polar surface area (TPSA) is 21.3 Å². The van der Waals surface area contributed by atoms with Crippen LogP contribution in [0.25, 0.3) is 0 Å². The van der Waals surface area contributed by atoms with Crippen LogP contribution in [-0.4, -0.2) is 13.7 Å². The third kappa shape index (κ3) is 10.2. The summed E-state index contributed by atoms with van der Waals surface area (Å²) in [6.07, 6.45) is 8.83. The minimum Gasteiger partial charge on any atom is -0.497 e. The lowest BCUT2D eigenvalue weighted by molar-refractivity contribution is 0.415. The lowest BCUT2D eigenvalue weighted by Crippen LogP contribution is -1.96. The summed E-state index contributed by atoms with van der Waals surface area (Å²) < 4.78 is 5.03. The Labute approximate surface area is 118 Å². The maximum atomic E-state index is 5.03. The van der Waals surface area contributed by atoms with Gasteiger partial charge in [-0.25, -0.2) is 0 Å². The first-order valence-electron chi connectivity index (χ1n) is 7.27. The number of ether oxygens (including phenoxy) is 1. The van der Waals surface area contributed by atoms with Crippen molar-refractivity contribution in [2.75, 3.05) is 19.0 Å². The molecule has 0 bridgehead atoms. The van der Waals surface area contributed by atoms with Gasteiger partial charge in [-0.05, 0) is 24.3 Å². The predicted molar refractivity (Wildman–Crippen MR) is 86.1 cm³/mol. The fourth-order valence-corrected chi connectivity index (χ4v) is 1.58. The fourth-order valence-electron chi connectivity index (χ4n) is 1.58. The van der Waals surface area contributed by atoms with Crippen LogP contribution in [0.5, 0.6) is 5.75 Å². The molecular formula is C17H29NO. The molecule has 0 aliphatic rings. The smallest absolute Gasteiger partial charge is 0.119 e. The van der Waals surface area contributed by atoms with Gasteiger partial charge in [0.05, 0.1) is 7.11 Å². The van der Waals surface area contributed by atoms with Crippen molar-refractivity contribution in [1.29, 1.82) is 0 Å². The average Bonchev–Trinajstić information content (AvgIpc) is 2.47. The molecule has 0 saturated carbocycles. The molecule has 1 N–H and O–H groups in total. The van der Waals surface area contributed by atoms with Gasteiger partial charge in [-0.2, -0.15) is 0 Å². The van der Waals surface area contributed by atoms with Crippen molar-refractivity contribution in [2.24, 2.45) is 0 Å². The van der Waals surface area contributed by atoms with Crippen molar-refractivity contribution >= 4 is 5.69 Å². The van der Waals surface area contributed by atoms with Crippen LogP contribution in [0.4, 0.5) is 5.69 Å². The van der Waals surface area contributed by atoms with Gasteiger partial charge < -0.3 is 10.1 Å². The Bertz CT molecular complexity index is 302. The number of anilines is 1. The molecule has 0 fully saturated rings. The highest BCUT2D eigenvalue weighted by atomic mass is 16.5. The molecule has 2 heteroatoms. The number of methoxy groups -OCH3 is 1. The van der Waals surface area contributed by atoms with E-state index in [1.807, 2.05) is 30.3 Å². The van der Waals surface area contributed by atoms with Crippen molar-refractivity contribution in [3.8, 4) is 5.75 Å². The number of benzene rings is 1. The Hall–Kier alpha value is -1.44. The Morgan fingerprint density at radius 1 is 1.05 bits per heavy atom. The van der Waals surface area contributed by atoms with Gasteiger partial charge in [-0.15, -0.1) is 6.58 Å². The monoisotopic (exact) mass is 263 g/mol. The van der Waals surface area contributed by atoms with Crippen molar-refractivity contribution in [1.82, 2.24) is 0 Å². The second-order valence-corrected chi connectivity index (χ2v) is 4.46. The van der Waals surface area contributed by atoms with Crippen molar-refractivity contribution < 1.29 is 4.74 Å². The first-order valence-corrected chi connectivity index (χ1v) is 7.27. The normalized spacial score (nSPS) is 9.21. The number of hydrogen-bond donors (Lipinski definition) is 1. The first-order chi connectivity index (χ1) is 9.28. The summed E-state index contributed by atoms with van der Waals surface area (Å²) in [5.74, 6) is 0.874. The van der Waals surface area contributed by atoms with Gasteiger partial charge in [0.1, 0.15) is 5.75 Å². The van der Waals surface area contributed by atoms with Crippen LogP contribution >= 0.6 is 0 Å². The quantitative estimate of drug-likeness (QED) is 0.509. The zero-order chi connectivity index (χ0) is 14.3. The van der Waals surface area contributed by atoms with Crippen molar-refractivity contribution in [2.45, 2.75) is 46.0 Å². The highest BCUT2D eigenvalue weighted by molar-refractivity contribution is 5.46. The minimum atomic E-state index is 0.784. The summed E-state index contributed by atoms with van der Waals surface area (Å²) in [4.78, 5) is 0. The molecule has 0 aliphatic heterocycles. The first kappa shape index (κ1) is 17.6. The van der Waals surface area contributed by atoms with E-state index in [1.165, 1.54) is 32.1 Å². The van der Waals surface area contributed by atoms with E-state index < -0.39 is 0 Å². The predicted octanol–water partition coefficient (Wildman–Crippen LogP) is 5.27. The molecule has 0 radical (unpaired) electrons. The van der Waals surface area contributed by atoms with E-state index in [2.05, 4.69) is 25.7 Å². The Morgan fingerprint density at radius 3 is 2.05 bits per heavy atom. The van der Waals surface area contributed by atoms with Gasteiger partial charge in [0.15, 0.2) is 0 Å². The summed E-state index contributed by atoms with van der Waals surface area (Å²) >= 11 is 0. The third-order valence-electron chi connectivity index (χ3n) is 2.75. The molecule has 0 heterocycles. The molecule has 1 rings (SSSR count). The number of hydrogen-bond acceptors (Lipinski definition) is 2. The van der Waals surface area contributed by atoms with Crippen molar-refractivity contribution in [3.63, 3.8) is 0 Å². The fraction of sp³-hybridized carbons (Fsp3) is 0.529. The summed E-state index contributed by atoms with van der Waals surface area (Å²) in [5, 5.41) is 3.17. The molecule has 0 aromatic heterocycles. The minimum absolute atomic E-state index is 0.784. The van der Waals surface area contributed by atoms with Crippen molar-refractivity contribution in [3.05, 3.63) is 36.9 Å². The van der Waals surface area contributed by atoms with E-state index >= 15 is 0 Å². The molecule has 0 atom stereocenters. The zero-order valence-corrected chi connectivity index (χ0v) is 12.7. The van der Waals surface area contributed by atoms with Crippen LogP contribution in [-0.2, 0) is 0 Å². The van der Waals surface area contributed by atoms with Gasteiger partial charge in [-0.3, -0.25) is 0 Å². The number of nitrogens with one attached hydrogen (secondary N) is 1. The van der Waals surface area contributed by atoms with E-state index in [9.17, 15) is 0 Å². The lowest BCUT2D eigenvalue weighted by atomic mass is 10.2. The molecule has 0 spiro atoms. The molecule has 108 valence electrons. The van der Waals surface area contributed by atoms with Crippen LogP contribution in [0.15, 0.2) is 36.9 Å². The van der Waals surface area contributed by atoms with Crippen LogP contribution in [0.1, 0.15) is 46.0 Å². The van der Waals surface area contributed by atoms with Crippen LogP contribution < -0.4 is 10.1 Å². The summed E-state index contributed by atoms with van der Waals surface area (Å²) in [7, 11) is 1.66. The Balaban J connectivity index is 0.000000399. The SMILES string of the molecule is C=CCNc1ccc(OC)cc1.CCCCCCC. The molecule has 1 aromatic carbocycles. The standard InChI is InChI=1S/C10H13NO.C7H16/c1-3-8-11-9-4-6-10(12-2)7-5-9;1-3-5-7-6-4-2/h3-7,11H,1,8H2,2H3;3-7H2,1-2H3. The molecule has 0 saturated heterocycles. The lowest BCUT2D eigenvalue weighted by Gasteiger charge is -2.03. The molecule has 19 heavy (non-hydrogen) atoms. The largest absolute Gasteiger partial charge is 0.497 e. The van der Waals surface area contributed by atoms with E-state index in [4.69, 9.17) is 4.74 Å². The van der Waals surface area contributed by atoms with E-state index in [1.54, 1.807) is 7.11 Å². The summed E-state index contributed by atoms with van der Waals surface area (Å²) in [6, 6.07) is 7.79. The van der Waals surface area contributed by atoms with Gasteiger partial charge in [0.25, 0.3) is 0 Å². The average molecular weight is 263 g/mol. The van der Waals surface area contributed by atoms with Crippen LogP contribution in [0, 0.1) is 0 Å². The number of rotatable bonds is 8. The molecular weight excluding hydrogens is 234 g/mol.